The maximum Gasteiger partial charge on any atom is 0.336 e. The lowest BCUT2D eigenvalue weighted by atomic mass is 10.1. The van der Waals surface area contributed by atoms with Gasteiger partial charge in [0.15, 0.2) is 0 Å². The molecule has 0 saturated carbocycles. The Morgan fingerprint density at radius 2 is 1.81 bits per heavy atom. The summed E-state index contributed by atoms with van der Waals surface area (Å²) < 4.78 is 0. The molecule has 3 heterocycles. The van der Waals surface area contributed by atoms with Gasteiger partial charge in [-0.1, -0.05) is 24.3 Å². The van der Waals surface area contributed by atoms with Gasteiger partial charge >= 0.3 is 5.97 Å². The van der Waals surface area contributed by atoms with Gasteiger partial charge in [0.2, 0.25) is 0 Å². The van der Waals surface area contributed by atoms with E-state index in [0.717, 1.165) is 16.4 Å². The third kappa shape index (κ3) is 3.22. The Hall–Kier alpha value is -3.38. The van der Waals surface area contributed by atoms with Gasteiger partial charge in [-0.15, -0.1) is 11.3 Å². The number of aromatic nitrogens is 3. The molecule has 5 nitrogen and oxygen atoms in total. The van der Waals surface area contributed by atoms with Crippen LogP contribution in [0.1, 0.15) is 21.7 Å². The number of thiazole rings is 1. The Morgan fingerprint density at radius 1 is 1.00 bits per heavy atom. The van der Waals surface area contributed by atoms with Gasteiger partial charge in [-0.3, -0.25) is 4.98 Å². The number of fused-ring (bicyclic) bond motifs is 1. The molecule has 0 bridgehead atoms. The lowest BCUT2D eigenvalue weighted by Gasteiger charge is -2.03. The number of para-hydroxylation sites is 1. The number of carboxylic acids is 1. The van der Waals surface area contributed by atoms with Crippen molar-refractivity contribution in [3.05, 3.63) is 77.1 Å². The smallest absolute Gasteiger partial charge is 0.336 e. The molecule has 0 unspecified atom stereocenters. The number of carbonyl (C=O) groups is 1. The third-order valence-electron chi connectivity index (χ3n) is 3.80. The molecule has 0 spiro atoms. The van der Waals surface area contributed by atoms with Gasteiger partial charge in [0.05, 0.1) is 28.2 Å². The molecule has 4 aromatic rings. The summed E-state index contributed by atoms with van der Waals surface area (Å²) in [6.07, 6.45) is 5.33. The highest BCUT2D eigenvalue weighted by molar-refractivity contribution is 7.13. The van der Waals surface area contributed by atoms with Gasteiger partial charge in [0.1, 0.15) is 5.01 Å². The lowest BCUT2D eigenvalue weighted by molar-refractivity contribution is 0.0699. The molecule has 0 aliphatic carbocycles. The van der Waals surface area contributed by atoms with Gasteiger partial charge in [0, 0.05) is 17.0 Å². The summed E-state index contributed by atoms with van der Waals surface area (Å²) in [5.41, 5.74) is 3.08. The second-order valence-corrected chi connectivity index (χ2v) is 6.40. The van der Waals surface area contributed by atoms with Crippen LogP contribution >= 0.6 is 11.3 Å². The molecule has 0 saturated heterocycles. The number of rotatable bonds is 4. The van der Waals surface area contributed by atoms with Gasteiger partial charge < -0.3 is 5.11 Å². The van der Waals surface area contributed by atoms with E-state index in [1.165, 1.54) is 11.3 Å². The minimum atomic E-state index is -0.968. The van der Waals surface area contributed by atoms with Crippen molar-refractivity contribution in [1.82, 2.24) is 15.0 Å². The highest BCUT2D eigenvalue weighted by Gasteiger charge is 2.10. The molecule has 0 atom stereocenters. The Balaban J connectivity index is 1.67. The molecule has 6 heteroatoms. The molecule has 1 N–H and O–H groups in total. The monoisotopic (exact) mass is 359 g/mol. The van der Waals surface area contributed by atoms with Crippen LogP contribution in [0.5, 0.6) is 0 Å². The average molecular weight is 359 g/mol. The molecule has 0 fully saturated rings. The minimum absolute atomic E-state index is 0.239. The zero-order chi connectivity index (χ0) is 17.9. The fraction of sp³-hybridized carbons (Fsp3) is 0. The van der Waals surface area contributed by atoms with E-state index < -0.39 is 5.97 Å². The van der Waals surface area contributed by atoms with Crippen LogP contribution in [0.2, 0.25) is 0 Å². The highest BCUT2D eigenvalue weighted by atomic mass is 32.1. The van der Waals surface area contributed by atoms with E-state index in [0.29, 0.717) is 16.6 Å². The quantitative estimate of drug-likeness (QED) is 0.575. The SMILES string of the molecule is O=C(O)c1cc(C=Cc2csc(-c3ccccn3)n2)nc2ccccc12. The van der Waals surface area contributed by atoms with Crippen LogP contribution in [0, 0.1) is 0 Å². The summed E-state index contributed by atoms with van der Waals surface area (Å²) in [5.74, 6) is -0.968. The topological polar surface area (TPSA) is 76.0 Å². The molecule has 4 rings (SSSR count). The van der Waals surface area contributed by atoms with E-state index in [4.69, 9.17) is 0 Å². The molecule has 26 heavy (non-hydrogen) atoms. The molecule has 1 aromatic carbocycles. The van der Waals surface area contributed by atoms with Crippen LogP contribution in [0.15, 0.2) is 60.1 Å². The minimum Gasteiger partial charge on any atom is -0.478 e. The molecule has 0 aliphatic heterocycles. The van der Waals surface area contributed by atoms with E-state index in [1.807, 2.05) is 35.7 Å². The molecular weight excluding hydrogens is 346 g/mol. The van der Waals surface area contributed by atoms with Crippen molar-refractivity contribution in [1.29, 1.82) is 0 Å². The molecule has 0 amide bonds. The summed E-state index contributed by atoms with van der Waals surface area (Å²) in [5, 5.41) is 12.8. The van der Waals surface area contributed by atoms with Gasteiger partial charge in [0.25, 0.3) is 0 Å². The number of benzene rings is 1. The van der Waals surface area contributed by atoms with Gasteiger partial charge in [-0.2, -0.15) is 0 Å². The summed E-state index contributed by atoms with van der Waals surface area (Å²) in [7, 11) is 0. The van der Waals surface area contributed by atoms with Crippen LogP contribution in [0.4, 0.5) is 0 Å². The van der Waals surface area contributed by atoms with E-state index in [-0.39, 0.29) is 5.56 Å². The highest BCUT2D eigenvalue weighted by Crippen LogP contribution is 2.23. The molecule has 3 aromatic heterocycles. The number of pyridine rings is 2. The van der Waals surface area contributed by atoms with Crippen LogP contribution in [-0.2, 0) is 0 Å². The van der Waals surface area contributed by atoms with Crippen molar-refractivity contribution in [2.75, 3.05) is 0 Å². The van der Waals surface area contributed by atoms with Gasteiger partial charge in [-0.05, 0) is 36.4 Å². The first kappa shape index (κ1) is 16.1. The molecular formula is C20H13N3O2S. The number of carboxylic acid groups (broad SMARTS) is 1. The van der Waals surface area contributed by atoms with E-state index in [9.17, 15) is 9.90 Å². The lowest BCUT2D eigenvalue weighted by Crippen LogP contribution is -2.00. The maximum absolute atomic E-state index is 11.5. The van der Waals surface area contributed by atoms with Crippen molar-refractivity contribution >= 4 is 40.4 Å². The van der Waals surface area contributed by atoms with E-state index in [1.54, 1.807) is 36.5 Å². The zero-order valence-electron chi connectivity index (χ0n) is 13.5. The summed E-state index contributed by atoms with van der Waals surface area (Å²) in [6, 6.07) is 14.5. The van der Waals surface area contributed by atoms with Gasteiger partial charge in [-0.25, -0.2) is 14.8 Å². The Morgan fingerprint density at radius 3 is 2.62 bits per heavy atom. The number of aromatic carboxylic acids is 1. The molecule has 126 valence electrons. The maximum atomic E-state index is 11.5. The summed E-state index contributed by atoms with van der Waals surface area (Å²) in [4.78, 5) is 24.9. The number of hydrogen-bond acceptors (Lipinski definition) is 5. The Kier molecular flexibility index (Phi) is 4.25. The predicted octanol–water partition coefficient (Wildman–Crippen LogP) is 4.62. The molecule has 0 aliphatic rings. The van der Waals surface area contributed by atoms with Crippen LogP contribution in [-0.4, -0.2) is 26.0 Å². The van der Waals surface area contributed by atoms with Crippen molar-refractivity contribution in [3.63, 3.8) is 0 Å². The standard InChI is InChI=1S/C20H13N3O2S/c24-20(25)16-11-13(22-17-6-2-1-5-15(16)17)8-9-14-12-26-19(23-14)18-7-3-4-10-21-18/h1-12H,(H,24,25). The Bertz CT molecular complexity index is 1120. The number of hydrogen-bond donors (Lipinski definition) is 1. The largest absolute Gasteiger partial charge is 0.478 e. The predicted molar refractivity (Wildman–Crippen MR) is 103 cm³/mol. The van der Waals surface area contributed by atoms with Crippen molar-refractivity contribution in [2.24, 2.45) is 0 Å². The fourth-order valence-corrected chi connectivity index (χ4v) is 3.36. The van der Waals surface area contributed by atoms with Crippen LogP contribution in [0.3, 0.4) is 0 Å². The second kappa shape index (κ2) is 6.85. The molecule has 0 radical (unpaired) electrons. The summed E-state index contributed by atoms with van der Waals surface area (Å²) in [6.45, 7) is 0. The third-order valence-corrected chi connectivity index (χ3v) is 4.68. The van der Waals surface area contributed by atoms with Crippen molar-refractivity contribution < 1.29 is 9.90 Å². The first-order chi connectivity index (χ1) is 12.7. The second-order valence-electron chi connectivity index (χ2n) is 5.54. The number of nitrogens with zero attached hydrogens (tertiary/aromatic N) is 3. The Labute approximate surface area is 153 Å². The average Bonchev–Trinajstić information content (AvgIpc) is 3.15. The summed E-state index contributed by atoms with van der Waals surface area (Å²) >= 11 is 1.51. The fourth-order valence-electron chi connectivity index (χ4n) is 2.60. The van der Waals surface area contributed by atoms with E-state index >= 15 is 0 Å². The normalized spacial score (nSPS) is 11.2. The first-order valence-electron chi connectivity index (χ1n) is 7.89. The zero-order valence-corrected chi connectivity index (χ0v) is 14.4. The first-order valence-corrected chi connectivity index (χ1v) is 8.77. The van der Waals surface area contributed by atoms with Crippen LogP contribution < -0.4 is 0 Å². The van der Waals surface area contributed by atoms with Crippen molar-refractivity contribution in [3.8, 4) is 10.7 Å². The van der Waals surface area contributed by atoms with Crippen molar-refractivity contribution in [2.45, 2.75) is 0 Å². The van der Waals surface area contributed by atoms with Crippen LogP contribution in [0.25, 0.3) is 33.8 Å². The van der Waals surface area contributed by atoms with E-state index in [2.05, 4.69) is 15.0 Å².